The third kappa shape index (κ3) is 1.24. The van der Waals surface area contributed by atoms with Gasteiger partial charge in [0.25, 0.3) is 0 Å². The molecule has 0 spiro atoms. The molecule has 1 nitrogen and oxygen atoms in total. The van der Waals surface area contributed by atoms with Crippen LogP contribution in [-0.4, -0.2) is 6.04 Å². The van der Waals surface area contributed by atoms with Crippen LogP contribution in [0, 0.1) is 22.7 Å². The summed E-state index contributed by atoms with van der Waals surface area (Å²) < 4.78 is 0. The Morgan fingerprint density at radius 1 is 1.24 bits per heavy atom. The molecule has 0 heterocycles. The summed E-state index contributed by atoms with van der Waals surface area (Å²) in [6, 6.07) is 0.198. The number of fused-ring (bicyclic) bond motifs is 3. The van der Waals surface area contributed by atoms with E-state index >= 15 is 0 Å². The van der Waals surface area contributed by atoms with Gasteiger partial charge in [-0.2, -0.15) is 0 Å². The Labute approximate surface area is 104 Å². The molecule has 0 aromatic heterocycles. The first kappa shape index (κ1) is 11.3. The molecule has 1 fully saturated rings. The van der Waals surface area contributed by atoms with Crippen LogP contribution in [0.2, 0.25) is 0 Å². The van der Waals surface area contributed by atoms with Crippen molar-refractivity contribution in [3.63, 3.8) is 0 Å². The highest BCUT2D eigenvalue weighted by atomic mass is 14.7. The molecule has 0 saturated heterocycles. The van der Waals surface area contributed by atoms with E-state index in [1.165, 1.54) is 12.8 Å². The number of allylic oxidation sites excluding steroid dienone is 4. The second-order valence-corrected chi connectivity index (χ2v) is 6.65. The summed E-state index contributed by atoms with van der Waals surface area (Å²) in [7, 11) is 0. The van der Waals surface area contributed by atoms with E-state index in [1.54, 1.807) is 5.57 Å². The predicted octanol–water partition coefficient (Wildman–Crippen LogP) is 3.44. The molecule has 3 aliphatic carbocycles. The van der Waals surface area contributed by atoms with E-state index in [2.05, 4.69) is 51.2 Å². The normalized spacial score (nSPS) is 46.4. The van der Waals surface area contributed by atoms with E-state index in [0.29, 0.717) is 17.3 Å². The molecule has 3 aliphatic rings. The van der Waals surface area contributed by atoms with Gasteiger partial charge in [-0.05, 0) is 29.6 Å². The number of rotatable bonds is 0. The molecule has 0 amide bonds. The second-order valence-electron chi connectivity index (χ2n) is 6.65. The van der Waals surface area contributed by atoms with Gasteiger partial charge in [0.15, 0.2) is 0 Å². The van der Waals surface area contributed by atoms with Crippen molar-refractivity contribution < 1.29 is 0 Å². The van der Waals surface area contributed by atoms with Crippen LogP contribution in [0.1, 0.15) is 33.6 Å². The first-order chi connectivity index (χ1) is 7.98. The topological polar surface area (TPSA) is 26.0 Å². The Bertz CT molecular complexity index is 427. The maximum absolute atomic E-state index is 6.35. The van der Waals surface area contributed by atoms with E-state index in [4.69, 9.17) is 5.73 Å². The molecule has 0 aliphatic heterocycles. The molecule has 1 saturated carbocycles. The van der Waals surface area contributed by atoms with Crippen LogP contribution < -0.4 is 5.73 Å². The van der Waals surface area contributed by atoms with Crippen molar-refractivity contribution in [3.8, 4) is 0 Å². The summed E-state index contributed by atoms with van der Waals surface area (Å²) in [5.74, 6) is 1.15. The fourth-order valence-electron chi connectivity index (χ4n) is 4.36. The third-order valence-electron chi connectivity index (χ3n) is 5.83. The average Bonchev–Trinajstić information content (AvgIpc) is 2.47. The van der Waals surface area contributed by atoms with Crippen molar-refractivity contribution in [1.29, 1.82) is 0 Å². The summed E-state index contributed by atoms with van der Waals surface area (Å²) in [5, 5.41) is 0. The van der Waals surface area contributed by atoms with Gasteiger partial charge < -0.3 is 5.73 Å². The summed E-state index contributed by atoms with van der Waals surface area (Å²) >= 11 is 0. The number of hydrogen-bond donors (Lipinski definition) is 1. The van der Waals surface area contributed by atoms with Crippen molar-refractivity contribution in [1.82, 2.24) is 0 Å². The van der Waals surface area contributed by atoms with Crippen molar-refractivity contribution in [3.05, 3.63) is 36.0 Å². The van der Waals surface area contributed by atoms with Crippen LogP contribution in [0.15, 0.2) is 36.0 Å². The third-order valence-corrected chi connectivity index (χ3v) is 5.83. The highest BCUT2D eigenvalue weighted by Crippen LogP contribution is 2.66. The van der Waals surface area contributed by atoms with E-state index in [9.17, 15) is 0 Å². The van der Waals surface area contributed by atoms with Crippen LogP contribution in [-0.2, 0) is 0 Å². The van der Waals surface area contributed by atoms with Crippen LogP contribution in [0.5, 0.6) is 0 Å². The molecule has 4 atom stereocenters. The largest absolute Gasteiger partial charge is 0.324 e. The van der Waals surface area contributed by atoms with Gasteiger partial charge in [0, 0.05) is 12.0 Å². The van der Waals surface area contributed by atoms with Gasteiger partial charge in [-0.15, -0.1) is 0 Å². The maximum Gasteiger partial charge on any atom is 0.0299 e. The average molecular weight is 229 g/mol. The molecule has 0 radical (unpaired) electrons. The summed E-state index contributed by atoms with van der Waals surface area (Å²) in [6.07, 6.45) is 14.0. The predicted molar refractivity (Wildman–Crippen MR) is 72.4 cm³/mol. The quantitative estimate of drug-likeness (QED) is 0.633. The summed E-state index contributed by atoms with van der Waals surface area (Å²) in [4.78, 5) is 0. The molecule has 17 heavy (non-hydrogen) atoms. The van der Waals surface area contributed by atoms with E-state index in [-0.39, 0.29) is 11.5 Å². The molecule has 0 aromatic carbocycles. The van der Waals surface area contributed by atoms with E-state index < -0.39 is 0 Å². The maximum atomic E-state index is 6.35. The Hall–Kier alpha value is -0.820. The van der Waals surface area contributed by atoms with Crippen LogP contribution in [0.25, 0.3) is 0 Å². The zero-order valence-corrected chi connectivity index (χ0v) is 11.1. The van der Waals surface area contributed by atoms with Gasteiger partial charge in [-0.1, -0.05) is 56.7 Å². The smallest absolute Gasteiger partial charge is 0.0299 e. The van der Waals surface area contributed by atoms with Gasteiger partial charge in [-0.3, -0.25) is 0 Å². The molecule has 1 heteroatoms. The number of nitrogens with two attached hydrogens (primary N) is 1. The minimum absolute atomic E-state index is 0.198. The lowest BCUT2D eigenvalue weighted by atomic mass is 9.60. The molecule has 3 rings (SSSR count). The minimum atomic E-state index is 0.198. The van der Waals surface area contributed by atoms with E-state index in [0.717, 1.165) is 0 Å². The summed E-state index contributed by atoms with van der Waals surface area (Å²) in [5.41, 5.74) is 8.57. The zero-order chi connectivity index (χ0) is 12.3. The zero-order valence-electron chi connectivity index (χ0n) is 11.1. The van der Waals surface area contributed by atoms with Gasteiger partial charge in [0.05, 0.1) is 0 Å². The lowest BCUT2D eigenvalue weighted by Gasteiger charge is -2.44. The Balaban J connectivity index is 2.17. The standard InChI is InChI=1S/C16H23N/c1-15(2)11-8-6-9-13(17)14(11)12-7-4-5-10-16(12,15)3/h4,6-9,12-14H,5,10,17H2,1-3H3/t12?,13?,14-,16?/m1/s1. The van der Waals surface area contributed by atoms with Crippen molar-refractivity contribution in [2.24, 2.45) is 28.4 Å². The summed E-state index contributed by atoms with van der Waals surface area (Å²) in [6.45, 7) is 7.29. The van der Waals surface area contributed by atoms with Gasteiger partial charge in [-0.25, -0.2) is 0 Å². The Morgan fingerprint density at radius 3 is 2.76 bits per heavy atom. The van der Waals surface area contributed by atoms with Gasteiger partial charge in [0.1, 0.15) is 0 Å². The van der Waals surface area contributed by atoms with E-state index in [1.807, 2.05) is 0 Å². The Morgan fingerprint density at radius 2 is 2.00 bits per heavy atom. The Kier molecular flexibility index (Phi) is 2.22. The molecule has 3 unspecified atom stereocenters. The molecular formula is C16H23N. The fraction of sp³-hybridized carbons (Fsp3) is 0.625. The molecule has 0 bridgehead atoms. The lowest BCUT2D eigenvalue weighted by Crippen LogP contribution is -2.38. The molecular weight excluding hydrogens is 206 g/mol. The number of hydrogen-bond acceptors (Lipinski definition) is 1. The molecule has 0 aromatic rings. The first-order valence-corrected chi connectivity index (χ1v) is 6.79. The second kappa shape index (κ2) is 3.35. The SMILES string of the molecule is CC1(C)C2=CC=CC(N)[C@H]2C2C=CCCC21C. The van der Waals surface area contributed by atoms with Crippen molar-refractivity contribution >= 4 is 0 Å². The van der Waals surface area contributed by atoms with Crippen LogP contribution in [0.4, 0.5) is 0 Å². The molecule has 2 N–H and O–H groups in total. The highest BCUT2D eigenvalue weighted by molar-refractivity contribution is 5.40. The van der Waals surface area contributed by atoms with Gasteiger partial charge >= 0.3 is 0 Å². The monoisotopic (exact) mass is 229 g/mol. The van der Waals surface area contributed by atoms with Gasteiger partial charge in [0.2, 0.25) is 0 Å². The fourth-order valence-corrected chi connectivity index (χ4v) is 4.36. The first-order valence-electron chi connectivity index (χ1n) is 6.79. The molecule has 92 valence electrons. The van der Waals surface area contributed by atoms with Crippen molar-refractivity contribution in [2.45, 2.75) is 39.7 Å². The van der Waals surface area contributed by atoms with Crippen LogP contribution in [0.3, 0.4) is 0 Å². The minimum Gasteiger partial charge on any atom is -0.324 e. The lowest BCUT2D eigenvalue weighted by molar-refractivity contribution is 0.0964. The highest BCUT2D eigenvalue weighted by Gasteiger charge is 2.59. The van der Waals surface area contributed by atoms with Crippen LogP contribution >= 0.6 is 0 Å². The van der Waals surface area contributed by atoms with Crippen molar-refractivity contribution in [2.75, 3.05) is 0 Å².